The highest BCUT2D eigenvalue weighted by Gasteiger charge is 2.10. The highest BCUT2D eigenvalue weighted by atomic mass is 16.4. The van der Waals surface area contributed by atoms with Crippen LogP contribution in [0.1, 0.15) is 11.5 Å². The van der Waals surface area contributed by atoms with E-state index in [-0.39, 0.29) is 6.61 Å². The Morgan fingerprint density at radius 2 is 2.33 bits per heavy atom. The minimum absolute atomic E-state index is 0.0832. The lowest BCUT2D eigenvalue weighted by Crippen LogP contribution is -1.92. The van der Waals surface area contributed by atoms with E-state index in [2.05, 4.69) is 9.97 Å². The zero-order valence-electron chi connectivity index (χ0n) is 8.47. The van der Waals surface area contributed by atoms with E-state index < -0.39 is 0 Å². The largest absolute Gasteiger partial charge is 0.441 e. The molecule has 0 radical (unpaired) electrons. The van der Waals surface area contributed by atoms with E-state index in [1.165, 1.54) is 0 Å². The van der Waals surface area contributed by atoms with Crippen LogP contribution in [0, 0.1) is 6.92 Å². The second-order valence-electron chi connectivity index (χ2n) is 3.24. The zero-order valence-corrected chi connectivity index (χ0v) is 8.47. The average molecular weight is 204 g/mol. The SMILES string of the molecule is Cc1oc(-c2cccnc2)nc1CCO. The van der Waals surface area contributed by atoms with Crippen molar-refractivity contribution in [1.82, 2.24) is 9.97 Å². The van der Waals surface area contributed by atoms with Gasteiger partial charge in [0.15, 0.2) is 0 Å². The monoisotopic (exact) mass is 204 g/mol. The van der Waals surface area contributed by atoms with Crippen molar-refractivity contribution in [3.8, 4) is 11.5 Å². The van der Waals surface area contributed by atoms with E-state index >= 15 is 0 Å². The minimum atomic E-state index is 0.0832. The maximum Gasteiger partial charge on any atom is 0.228 e. The van der Waals surface area contributed by atoms with Crippen LogP contribution >= 0.6 is 0 Å². The number of aliphatic hydroxyl groups excluding tert-OH is 1. The van der Waals surface area contributed by atoms with Gasteiger partial charge in [0, 0.05) is 25.4 Å². The number of hydrogen-bond acceptors (Lipinski definition) is 4. The van der Waals surface area contributed by atoms with E-state index in [9.17, 15) is 0 Å². The fourth-order valence-electron chi connectivity index (χ4n) is 1.38. The van der Waals surface area contributed by atoms with E-state index in [1.54, 1.807) is 12.4 Å². The molecule has 0 saturated heterocycles. The van der Waals surface area contributed by atoms with Crippen LogP contribution in [-0.4, -0.2) is 21.7 Å². The van der Waals surface area contributed by atoms with Gasteiger partial charge in [-0.25, -0.2) is 4.98 Å². The third-order valence-electron chi connectivity index (χ3n) is 2.15. The first-order valence-corrected chi connectivity index (χ1v) is 4.79. The Bertz CT molecular complexity index is 437. The standard InChI is InChI=1S/C11H12N2O2/c1-8-10(4-6-14)13-11(15-8)9-3-2-5-12-7-9/h2-3,5,7,14H,4,6H2,1H3. The Hall–Kier alpha value is -1.68. The van der Waals surface area contributed by atoms with Crippen LogP contribution in [0.2, 0.25) is 0 Å². The van der Waals surface area contributed by atoms with Gasteiger partial charge in [0.05, 0.1) is 11.3 Å². The second kappa shape index (κ2) is 4.23. The molecule has 0 atom stereocenters. The lowest BCUT2D eigenvalue weighted by atomic mass is 10.3. The summed E-state index contributed by atoms with van der Waals surface area (Å²) in [6.45, 7) is 1.93. The summed E-state index contributed by atoms with van der Waals surface area (Å²) in [6.07, 6.45) is 3.93. The number of rotatable bonds is 3. The van der Waals surface area contributed by atoms with E-state index in [0.717, 1.165) is 17.0 Å². The summed E-state index contributed by atoms with van der Waals surface area (Å²) in [6, 6.07) is 3.72. The molecular weight excluding hydrogens is 192 g/mol. The number of oxazole rings is 1. The molecule has 15 heavy (non-hydrogen) atoms. The Morgan fingerprint density at radius 1 is 1.47 bits per heavy atom. The molecule has 78 valence electrons. The normalized spacial score (nSPS) is 10.5. The van der Waals surface area contributed by atoms with Gasteiger partial charge in [-0.1, -0.05) is 0 Å². The highest BCUT2D eigenvalue weighted by Crippen LogP contribution is 2.20. The van der Waals surface area contributed by atoms with Crippen molar-refractivity contribution in [2.75, 3.05) is 6.61 Å². The molecule has 0 spiro atoms. The fourth-order valence-corrected chi connectivity index (χ4v) is 1.38. The molecule has 0 aromatic carbocycles. The molecule has 0 fully saturated rings. The van der Waals surface area contributed by atoms with E-state index in [4.69, 9.17) is 9.52 Å². The molecule has 0 saturated carbocycles. The summed E-state index contributed by atoms with van der Waals surface area (Å²) < 4.78 is 5.49. The predicted octanol–water partition coefficient (Wildman–Crippen LogP) is 1.58. The number of hydrogen-bond donors (Lipinski definition) is 1. The summed E-state index contributed by atoms with van der Waals surface area (Å²) in [4.78, 5) is 8.30. The van der Waals surface area contributed by atoms with Crippen molar-refractivity contribution in [1.29, 1.82) is 0 Å². The van der Waals surface area contributed by atoms with Gasteiger partial charge in [0.1, 0.15) is 5.76 Å². The van der Waals surface area contributed by atoms with Gasteiger partial charge in [0.25, 0.3) is 0 Å². The average Bonchev–Trinajstić information content (AvgIpc) is 2.63. The smallest absolute Gasteiger partial charge is 0.228 e. The fraction of sp³-hybridized carbons (Fsp3) is 0.273. The molecule has 0 amide bonds. The Balaban J connectivity index is 2.34. The number of aromatic nitrogens is 2. The number of pyridine rings is 1. The first-order valence-electron chi connectivity index (χ1n) is 4.79. The van der Waals surface area contributed by atoms with Gasteiger partial charge in [0.2, 0.25) is 5.89 Å². The molecule has 0 aliphatic rings. The van der Waals surface area contributed by atoms with E-state index in [0.29, 0.717) is 12.3 Å². The maximum atomic E-state index is 8.83. The number of aryl methyl sites for hydroxylation is 1. The molecule has 0 unspecified atom stereocenters. The molecule has 2 heterocycles. The van der Waals surface area contributed by atoms with Gasteiger partial charge in [-0.15, -0.1) is 0 Å². The van der Waals surface area contributed by atoms with Crippen molar-refractivity contribution in [2.24, 2.45) is 0 Å². The second-order valence-corrected chi connectivity index (χ2v) is 3.24. The van der Waals surface area contributed by atoms with Crippen molar-refractivity contribution in [3.63, 3.8) is 0 Å². The van der Waals surface area contributed by atoms with Crippen molar-refractivity contribution in [3.05, 3.63) is 36.0 Å². The van der Waals surface area contributed by atoms with Gasteiger partial charge < -0.3 is 9.52 Å². The zero-order chi connectivity index (χ0) is 10.7. The molecule has 0 aliphatic carbocycles. The van der Waals surface area contributed by atoms with Gasteiger partial charge in [-0.05, 0) is 19.1 Å². The van der Waals surface area contributed by atoms with Crippen molar-refractivity contribution < 1.29 is 9.52 Å². The summed E-state index contributed by atoms with van der Waals surface area (Å²) in [5, 5.41) is 8.83. The van der Waals surface area contributed by atoms with Crippen molar-refractivity contribution >= 4 is 0 Å². The summed E-state index contributed by atoms with van der Waals surface area (Å²) in [5.74, 6) is 1.31. The molecule has 1 N–H and O–H groups in total. The first kappa shape index (κ1) is 9.86. The first-order chi connectivity index (χ1) is 7.31. The molecule has 2 aromatic rings. The minimum Gasteiger partial charge on any atom is -0.441 e. The van der Waals surface area contributed by atoms with Crippen LogP contribution in [-0.2, 0) is 6.42 Å². The molecule has 0 bridgehead atoms. The quantitative estimate of drug-likeness (QED) is 0.824. The lowest BCUT2D eigenvalue weighted by Gasteiger charge is -1.91. The Kier molecular flexibility index (Phi) is 2.78. The topological polar surface area (TPSA) is 59.2 Å². The van der Waals surface area contributed by atoms with Crippen LogP contribution in [0.5, 0.6) is 0 Å². The number of nitrogens with zero attached hydrogens (tertiary/aromatic N) is 2. The molecular formula is C11H12N2O2. The Morgan fingerprint density at radius 3 is 3.00 bits per heavy atom. The van der Waals surface area contributed by atoms with Crippen LogP contribution in [0.25, 0.3) is 11.5 Å². The van der Waals surface area contributed by atoms with Crippen LogP contribution in [0.4, 0.5) is 0 Å². The lowest BCUT2D eigenvalue weighted by molar-refractivity contribution is 0.297. The van der Waals surface area contributed by atoms with Gasteiger partial charge >= 0.3 is 0 Å². The third-order valence-corrected chi connectivity index (χ3v) is 2.15. The molecule has 2 rings (SSSR count). The summed E-state index contributed by atoms with van der Waals surface area (Å²) in [7, 11) is 0. The highest BCUT2D eigenvalue weighted by molar-refractivity contribution is 5.51. The van der Waals surface area contributed by atoms with E-state index in [1.807, 2.05) is 19.1 Å². The molecule has 4 heteroatoms. The summed E-state index contributed by atoms with van der Waals surface area (Å²) >= 11 is 0. The van der Waals surface area contributed by atoms with Crippen LogP contribution in [0.15, 0.2) is 28.9 Å². The van der Waals surface area contributed by atoms with Crippen LogP contribution < -0.4 is 0 Å². The molecule has 0 aliphatic heterocycles. The van der Waals surface area contributed by atoms with Crippen LogP contribution in [0.3, 0.4) is 0 Å². The van der Waals surface area contributed by atoms with Gasteiger partial charge in [-0.3, -0.25) is 4.98 Å². The summed E-state index contributed by atoms with van der Waals surface area (Å²) in [5.41, 5.74) is 1.65. The van der Waals surface area contributed by atoms with Crippen molar-refractivity contribution in [2.45, 2.75) is 13.3 Å². The maximum absolute atomic E-state index is 8.83. The predicted molar refractivity (Wildman–Crippen MR) is 55.3 cm³/mol. The third kappa shape index (κ3) is 2.05. The Labute approximate surface area is 87.6 Å². The molecule has 4 nitrogen and oxygen atoms in total. The number of aliphatic hydroxyl groups is 1. The molecule has 2 aromatic heterocycles. The van der Waals surface area contributed by atoms with Gasteiger partial charge in [-0.2, -0.15) is 0 Å².